The van der Waals surface area contributed by atoms with E-state index in [1.165, 1.54) is 5.19 Å². The summed E-state index contributed by atoms with van der Waals surface area (Å²) in [5.74, 6) is 1.63. The SMILES string of the molecule is COCc1ccc([SiH3])c(OC)c1OC. The normalized spacial score (nSPS) is 10.2. The van der Waals surface area contributed by atoms with E-state index in [4.69, 9.17) is 14.2 Å². The van der Waals surface area contributed by atoms with Crippen LogP contribution in [0.1, 0.15) is 5.56 Å². The standard InChI is InChI=1S/C10H16O3Si/c1-11-6-7-4-5-8(14)10(13-3)9(7)12-2/h4-5H,6H2,1-3,14H3. The molecule has 0 bridgehead atoms. The van der Waals surface area contributed by atoms with Crippen LogP contribution in [0, 0.1) is 0 Å². The molecule has 0 atom stereocenters. The van der Waals surface area contributed by atoms with Crippen molar-refractivity contribution in [2.45, 2.75) is 6.61 Å². The van der Waals surface area contributed by atoms with E-state index < -0.39 is 0 Å². The van der Waals surface area contributed by atoms with Crippen LogP contribution < -0.4 is 14.7 Å². The first-order chi connectivity index (χ1) is 6.74. The molecule has 0 spiro atoms. The smallest absolute Gasteiger partial charge is 0.166 e. The Morgan fingerprint density at radius 1 is 1.07 bits per heavy atom. The van der Waals surface area contributed by atoms with Gasteiger partial charge in [-0.1, -0.05) is 12.1 Å². The lowest BCUT2D eigenvalue weighted by atomic mass is 10.2. The Morgan fingerprint density at radius 3 is 2.21 bits per heavy atom. The van der Waals surface area contributed by atoms with Crippen molar-refractivity contribution in [3.05, 3.63) is 17.7 Å². The van der Waals surface area contributed by atoms with Gasteiger partial charge in [-0.2, -0.15) is 0 Å². The van der Waals surface area contributed by atoms with Crippen LogP contribution in [0.5, 0.6) is 11.5 Å². The zero-order valence-electron chi connectivity index (χ0n) is 9.09. The molecule has 0 aliphatic carbocycles. The first-order valence-corrected chi connectivity index (χ1v) is 5.44. The molecule has 3 nitrogen and oxygen atoms in total. The van der Waals surface area contributed by atoms with Crippen molar-refractivity contribution in [2.75, 3.05) is 21.3 Å². The molecule has 0 radical (unpaired) electrons. The third-order valence-corrected chi connectivity index (χ3v) is 2.89. The van der Waals surface area contributed by atoms with E-state index in [9.17, 15) is 0 Å². The van der Waals surface area contributed by atoms with Gasteiger partial charge in [0.2, 0.25) is 0 Å². The zero-order valence-corrected chi connectivity index (χ0v) is 11.1. The average molecular weight is 212 g/mol. The molecule has 1 aromatic carbocycles. The van der Waals surface area contributed by atoms with Gasteiger partial charge in [0, 0.05) is 22.9 Å². The fraction of sp³-hybridized carbons (Fsp3) is 0.400. The van der Waals surface area contributed by atoms with E-state index in [1.54, 1.807) is 21.3 Å². The molecular weight excluding hydrogens is 196 g/mol. The first kappa shape index (κ1) is 11.1. The minimum absolute atomic E-state index is 0.543. The molecule has 0 aliphatic heterocycles. The van der Waals surface area contributed by atoms with Crippen LogP contribution in [0.15, 0.2) is 12.1 Å². The summed E-state index contributed by atoms with van der Waals surface area (Å²) in [5.41, 5.74) is 1.02. The second-order valence-electron chi connectivity index (χ2n) is 3.04. The Labute approximate surface area is 87.4 Å². The summed E-state index contributed by atoms with van der Waals surface area (Å²) in [6.45, 7) is 0.543. The summed E-state index contributed by atoms with van der Waals surface area (Å²) in [4.78, 5) is 0. The van der Waals surface area contributed by atoms with Crippen LogP contribution in [0.3, 0.4) is 0 Å². The number of rotatable bonds is 4. The van der Waals surface area contributed by atoms with Gasteiger partial charge in [-0.3, -0.25) is 0 Å². The van der Waals surface area contributed by atoms with Gasteiger partial charge in [0.05, 0.1) is 20.8 Å². The van der Waals surface area contributed by atoms with Crippen LogP contribution in [0.25, 0.3) is 0 Å². The summed E-state index contributed by atoms with van der Waals surface area (Å²) in [6, 6.07) is 4.08. The first-order valence-electron chi connectivity index (χ1n) is 4.44. The van der Waals surface area contributed by atoms with Gasteiger partial charge in [0.15, 0.2) is 11.5 Å². The summed E-state index contributed by atoms with van der Waals surface area (Å²) < 4.78 is 15.7. The molecule has 0 fully saturated rings. The maximum absolute atomic E-state index is 5.32. The Kier molecular flexibility index (Phi) is 3.97. The fourth-order valence-corrected chi connectivity index (χ4v) is 2.05. The topological polar surface area (TPSA) is 27.7 Å². The number of methoxy groups -OCH3 is 3. The third-order valence-electron chi connectivity index (χ3n) is 2.10. The fourth-order valence-electron chi connectivity index (χ4n) is 1.45. The molecular formula is C10H16O3Si. The Bertz CT molecular complexity index is 312. The molecule has 1 rings (SSSR count). The van der Waals surface area contributed by atoms with E-state index in [1.807, 2.05) is 6.07 Å². The highest BCUT2D eigenvalue weighted by atomic mass is 28.1. The van der Waals surface area contributed by atoms with Gasteiger partial charge < -0.3 is 14.2 Å². The summed E-state index contributed by atoms with van der Waals surface area (Å²) in [7, 11) is 5.92. The van der Waals surface area contributed by atoms with Crippen molar-refractivity contribution in [1.82, 2.24) is 0 Å². The van der Waals surface area contributed by atoms with E-state index in [0.717, 1.165) is 27.3 Å². The molecule has 78 valence electrons. The second-order valence-corrected chi connectivity index (χ2v) is 4.12. The van der Waals surface area contributed by atoms with Crippen molar-refractivity contribution in [3.8, 4) is 11.5 Å². The molecule has 0 aliphatic rings. The van der Waals surface area contributed by atoms with Crippen LogP contribution in [-0.2, 0) is 11.3 Å². The maximum atomic E-state index is 5.32. The molecule has 0 saturated heterocycles. The largest absolute Gasteiger partial charge is 0.493 e. The lowest BCUT2D eigenvalue weighted by molar-refractivity contribution is 0.181. The molecule has 14 heavy (non-hydrogen) atoms. The lowest BCUT2D eigenvalue weighted by Gasteiger charge is -2.14. The van der Waals surface area contributed by atoms with Crippen LogP contribution in [-0.4, -0.2) is 31.6 Å². The van der Waals surface area contributed by atoms with Crippen molar-refractivity contribution in [1.29, 1.82) is 0 Å². The van der Waals surface area contributed by atoms with Gasteiger partial charge in [-0.05, 0) is 5.19 Å². The minimum atomic E-state index is 0.543. The van der Waals surface area contributed by atoms with Gasteiger partial charge in [-0.15, -0.1) is 0 Å². The van der Waals surface area contributed by atoms with E-state index in [-0.39, 0.29) is 0 Å². The van der Waals surface area contributed by atoms with Crippen LogP contribution >= 0.6 is 0 Å². The van der Waals surface area contributed by atoms with Gasteiger partial charge in [-0.25, -0.2) is 0 Å². The highest BCUT2D eigenvalue weighted by molar-refractivity contribution is 6.34. The average Bonchev–Trinajstić information content (AvgIpc) is 2.20. The lowest BCUT2D eigenvalue weighted by Crippen LogP contribution is -2.10. The Balaban J connectivity index is 3.18. The predicted molar refractivity (Wildman–Crippen MR) is 59.8 cm³/mol. The van der Waals surface area contributed by atoms with E-state index in [2.05, 4.69) is 6.07 Å². The summed E-state index contributed by atoms with van der Waals surface area (Å²) >= 11 is 0. The van der Waals surface area contributed by atoms with Crippen LogP contribution in [0.4, 0.5) is 0 Å². The van der Waals surface area contributed by atoms with Crippen molar-refractivity contribution >= 4 is 15.4 Å². The molecule has 0 N–H and O–H groups in total. The van der Waals surface area contributed by atoms with Crippen molar-refractivity contribution in [2.24, 2.45) is 0 Å². The van der Waals surface area contributed by atoms with Gasteiger partial charge in [0.25, 0.3) is 0 Å². The zero-order chi connectivity index (χ0) is 10.6. The number of hydrogen-bond donors (Lipinski definition) is 0. The number of hydrogen-bond acceptors (Lipinski definition) is 3. The quantitative estimate of drug-likeness (QED) is 0.649. The monoisotopic (exact) mass is 212 g/mol. The summed E-state index contributed by atoms with van der Waals surface area (Å²) in [6.07, 6.45) is 0. The van der Waals surface area contributed by atoms with Crippen molar-refractivity contribution < 1.29 is 14.2 Å². The van der Waals surface area contributed by atoms with Crippen LogP contribution in [0.2, 0.25) is 0 Å². The van der Waals surface area contributed by atoms with Gasteiger partial charge in [0.1, 0.15) is 0 Å². The number of benzene rings is 1. The molecule has 0 aromatic heterocycles. The summed E-state index contributed by atoms with van der Waals surface area (Å²) in [5, 5.41) is 1.20. The Morgan fingerprint density at radius 2 is 1.71 bits per heavy atom. The van der Waals surface area contributed by atoms with Crippen molar-refractivity contribution in [3.63, 3.8) is 0 Å². The Hall–Kier alpha value is -1.00. The maximum Gasteiger partial charge on any atom is 0.166 e. The molecule has 4 heteroatoms. The highest BCUT2D eigenvalue weighted by Crippen LogP contribution is 2.28. The predicted octanol–water partition coefficient (Wildman–Crippen LogP) is -0.159. The second kappa shape index (κ2) is 5.02. The van der Waals surface area contributed by atoms with E-state index >= 15 is 0 Å². The molecule has 0 saturated carbocycles. The minimum Gasteiger partial charge on any atom is -0.493 e. The number of ether oxygens (including phenoxy) is 3. The molecule has 0 unspecified atom stereocenters. The van der Waals surface area contributed by atoms with Gasteiger partial charge >= 0.3 is 0 Å². The molecule has 1 aromatic rings. The highest BCUT2D eigenvalue weighted by Gasteiger charge is 2.11. The third kappa shape index (κ3) is 2.08. The molecule has 0 heterocycles. The van der Waals surface area contributed by atoms with E-state index in [0.29, 0.717) is 6.61 Å². The molecule has 0 amide bonds.